The first-order valence-electron chi connectivity index (χ1n) is 9.21. The van der Waals surface area contributed by atoms with Gasteiger partial charge in [0.2, 0.25) is 0 Å². The van der Waals surface area contributed by atoms with Crippen LogP contribution in [-0.4, -0.2) is 35.6 Å². The van der Waals surface area contributed by atoms with Gasteiger partial charge in [0.25, 0.3) is 0 Å². The van der Waals surface area contributed by atoms with Crippen molar-refractivity contribution in [3.63, 3.8) is 0 Å². The smallest absolute Gasteiger partial charge is 0.0309 e. The Balaban J connectivity index is 1.87. The number of hydrogen-bond acceptors (Lipinski definition) is 2. The summed E-state index contributed by atoms with van der Waals surface area (Å²) in [7, 11) is 0. The van der Waals surface area contributed by atoms with Crippen molar-refractivity contribution in [3.05, 3.63) is 0 Å². The summed E-state index contributed by atoms with van der Waals surface area (Å²) in [4.78, 5) is 2.85. The second-order valence-corrected chi connectivity index (χ2v) is 7.30. The van der Waals surface area contributed by atoms with Crippen LogP contribution in [0.1, 0.15) is 85.0 Å². The maximum atomic E-state index is 3.92. The SMILES string of the molecule is CCCCCCC(C)N1CC2(CCCC2)NCC1CC. The second kappa shape index (κ2) is 7.79. The van der Waals surface area contributed by atoms with Gasteiger partial charge >= 0.3 is 0 Å². The van der Waals surface area contributed by atoms with Gasteiger partial charge in [-0.1, -0.05) is 52.4 Å². The van der Waals surface area contributed by atoms with Crippen molar-refractivity contribution in [1.29, 1.82) is 0 Å². The van der Waals surface area contributed by atoms with Gasteiger partial charge in [-0.15, -0.1) is 0 Å². The minimum atomic E-state index is 0.476. The molecule has 0 amide bonds. The van der Waals surface area contributed by atoms with Crippen LogP contribution in [0.4, 0.5) is 0 Å². The Morgan fingerprint density at radius 1 is 1.15 bits per heavy atom. The van der Waals surface area contributed by atoms with E-state index in [9.17, 15) is 0 Å². The maximum absolute atomic E-state index is 3.92. The summed E-state index contributed by atoms with van der Waals surface area (Å²) < 4.78 is 0. The van der Waals surface area contributed by atoms with E-state index in [4.69, 9.17) is 0 Å². The summed E-state index contributed by atoms with van der Waals surface area (Å²) in [5.41, 5.74) is 0.476. The number of piperazine rings is 1. The summed E-state index contributed by atoms with van der Waals surface area (Å²) in [6.45, 7) is 9.66. The second-order valence-electron chi connectivity index (χ2n) is 7.30. The van der Waals surface area contributed by atoms with Crippen LogP contribution in [0.2, 0.25) is 0 Å². The molecule has 1 aliphatic carbocycles. The average Bonchev–Trinajstić information content (AvgIpc) is 2.91. The monoisotopic (exact) mass is 280 g/mol. The number of hydrogen-bond donors (Lipinski definition) is 1. The topological polar surface area (TPSA) is 15.3 Å². The molecule has 0 aromatic carbocycles. The van der Waals surface area contributed by atoms with Crippen LogP contribution in [0.3, 0.4) is 0 Å². The lowest BCUT2D eigenvalue weighted by Crippen LogP contribution is -2.64. The fraction of sp³-hybridized carbons (Fsp3) is 1.00. The molecule has 0 aromatic heterocycles. The largest absolute Gasteiger partial charge is 0.308 e. The zero-order valence-corrected chi connectivity index (χ0v) is 14.1. The van der Waals surface area contributed by atoms with Crippen LogP contribution >= 0.6 is 0 Å². The zero-order valence-electron chi connectivity index (χ0n) is 14.1. The molecule has 1 spiro atoms. The summed E-state index contributed by atoms with van der Waals surface area (Å²) in [6.07, 6.45) is 14.0. The molecule has 2 aliphatic rings. The molecule has 1 N–H and O–H groups in total. The van der Waals surface area contributed by atoms with E-state index in [0.29, 0.717) is 5.54 Å². The third-order valence-electron chi connectivity index (χ3n) is 5.74. The van der Waals surface area contributed by atoms with E-state index in [1.165, 1.54) is 77.3 Å². The minimum Gasteiger partial charge on any atom is -0.308 e. The van der Waals surface area contributed by atoms with Crippen molar-refractivity contribution < 1.29 is 0 Å². The van der Waals surface area contributed by atoms with Crippen LogP contribution in [0.15, 0.2) is 0 Å². The van der Waals surface area contributed by atoms with Crippen LogP contribution in [0.5, 0.6) is 0 Å². The Morgan fingerprint density at radius 2 is 1.90 bits per heavy atom. The van der Waals surface area contributed by atoms with E-state index in [1.807, 2.05) is 0 Å². The molecule has 2 fully saturated rings. The molecular formula is C18H36N2. The van der Waals surface area contributed by atoms with Gasteiger partial charge in [0.1, 0.15) is 0 Å². The van der Waals surface area contributed by atoms with Gasteiger partial charge < -0.3 is 5.32 Å². The minimum absolute atomic E-state index is 0.476. The predicted molar refractivity (Wildman–Crippen MR) is 88.2 cm³/mol. The Hall–Kier alpha value is -0.0800. The summed E-state index contributed by atoms with van der Waals surface area (Å²) in [5, 5.41) is 3.92. The first kappa shape index (κ1) is 16.3. The van der Waals surface area contributed by atoms with E-state index >= 15 is 0 Å². The molecule has 2 rings (SSSR count). The van der Waals surface area contributed by atoms with Crippen molar-refractivity contribution in [2.24, 2.45) is 0 Å². The van der Waals surface area contributed by atoms with Crippen LogP contribution in [-0.2, 0) is 0 Å². The molecule has 2 unspecified atom stereocenters. The van der Waals surface area contributed by atoms with E-state index in [-0.39, 0.29) is 0 Å². The molecule has 0 bridgehead atoms. The molecule has 1 heterocycles. The normalized spacial score (nSPS) is 28.1. The number of nitrogens with zero attached hydrogens (tertiary/aromatic N) is 1. The van der Waals surface area contributed by atoms with Crippen molar-refractivity contribution >= 4 is 0 Å². The van der Waals surface area contributed by atoms with Gasteiger partial charge in [-0.3, -0.25) is 4.90 Å². The Labute approximate surface area is 126 Å². The standard InChI is InChI=1S/C18H36N2/c1-4-6-7-8-11-16(3)20-15-18(12-9-10-13-18)19-14-17(20)5-2/h16-17,19H,4-15H2,1-3H3. The third-order valence-corrected chi connectivity index (χ3v) is 5.74. The fourth-order valence-corrected chi connectivity index (χ4v) is 4.30. The molecule has 2 heteroatoms. The lowest BCUT2D eigenvalue weighted by atomic mass is 9.90. The van der Waals surface area contributed by atoms with E-state index in [2.05, 4.69) is 31.0 Å². The molecule has 2 nitrogen and oxygen atoms in total. The zero-order chi connectivity index (χ0) is 14.4. The molecule has 1 aliphatic heterocycles. The Bertz CT molecular complexity index is 271. The molecule has 118 valence electrons. The summed E-state index contributed by atoms with van der Waals surface area (Å²) in [5.74, 6) is 0. The first-order chi connectivity index (χ1) is 9.71. The van der Waals surface area contributed by atoms with Crippen molar-refractivity contribution in [3.8, 4) is 0 Å². The third kappa shape index (κ3) is 3.98. The number of unbranched alkanes of at least 4 members (excludes halogenated alkanes) is 3. The molecule has 0 aromatic rings. The van der Waals surface area contributed by atoms with E-state index in [1.54, 1.807) is 0 Å². The van der Waals surface area contributed by atoms with Crippen molar-refractivity contribution in [1.82, 2.24) is 10.2 Å². The maximum Gasteiger partial charge on any atom is 0.0309 e. The van der Waals surface area contributed by atoms with Crippen LogP contribution < -0.4 is 5.32 Å². The van der Waals surface area contributed by atoms with Gasteiger partial charge in [-0.25, -0.2) is 0 Å². The molecule has 0 radical (unpaired) electrons. The highest BCUT2D eigenvalue weighted by Gasteiger charge is 2.41. The van der Waals surface area contributed by atoms with Gasteiger partial charge in [-0.05, 0) is 32.6 Å². The van der Waals surface area contributed by atoms with Gasteiger partial charge in [-0.2, -0.15) is 0 Å². The lowest BCUT2D eigenvalue weighted by molar-refractivity contribution is 0.0428. The molecule has 20 heavy (non-hydrogen) atoms. The fourth-order valence-electron chi connectivity index (χ4n) is 4.30. The first-order valence-corrected chi connectivity index (χ1v) is 9.21. The quantitative estimate of drug-likeness (QED) is 0.698. The lowest BCUT2D eigenvalue weighted by Gasteiger charge is -2.49. The Kier molecular flexibility index (Phi) is 6.35. The molecule has 1 saturated carbocycles. The van der Waals surface area contributed by atoms with E-state index < -0.39 is 0 Å². The van der Waals surface area contributed by atoms with Crippen LogP contribution in [0, 0.1) is 0 Å². The van der Waals surface area contributed by atoms with Crippen molar-refractivity contribution in [2.75, 3.05) is 13.1 Å². The van der Waals surface area contributed by atoms with Crippen LogP contribution in [0.25, 0.3) is 0 Å². The van der Waals surface area contributed by atoms with Gasteiger partial charge in [0.15, 0.2) is 0 Å². The van der Waals surface area contributed by atoms with Gasteiger partial charge in [0.05, 0.1) is 0 Å². The van der Waals surface area contributed by atoms with Gasteiger partial charge in [0, 0.05) is 30.7 Å². The highest BCUT2D eigenvalue weighted by molar-refractivity contribution is 5.01. The van der Waals surface area contributed by atoms with E-state index in [0.717, 1.165) is 12.1 Å². The Morgan fingerprint density at radius 3 is 2.55 bits per heavy atom. The average molecular weight is 280 g/mol. The highest BCUT2D eigenvalue weighted by Crippen LogP contribution is 2.34. The number of nitrogens with one attached hydrogen (secondary N) is 1. The highest BCUT2D eigenvalue weighted by atomic mass is 15.3. The predicted octanol–water partition coefficient (Wildman–Crippen LogP) is 4.34. The molecule has 2 atom stereocenters. The summed E-state index contributed by atoms with van der Waals surface area (Å²) >= 11 is 0. The molecule has 1 saturated heterocycles. The van der Waals surface area contributed by atoms with Crippen molar-refractivity contribution in [2.45, 2.75) is 103 Å². The molecular weight excluding hydrogens is 244 g/mol. The summed E-state index contributed by atoms with van der Waals surface area (Å²) in [6, 6.07) is 1.54. The number of rotatable bonds is 7.